The first-order valence-corrected chi connectivity index (χ1v) is 5.10. The van der Waals surface area contributed by atoms with Crippen LogP contribution in [0, 0.1) is 6.92 Å². The van der Waals surface area contributed by atoms with Gasteiger partial charge in [-0.05, 0) is 18.5 Å². The van der Waals surface area contributed by atoms with Crippen molar-refractivity contribution >= 4 is 17.4 Å². The molecule has 0 saturated heterocycles. The maximum atomic E-state index is 5.71. The van der Waals surface area contributed by atoms with Crippen LogP contribution in [0.15, 0.2) is 12.5 Å². The molecule has 0 fully saturated rings. The van der Waals surface area contributed by atoms with Gasteiger partial charge in [-0.25, -0.2) is 15.0 Å². The molecule has 0 aliphatic carbocycles. The lowest BCUT2D eigenvalue weighted by Crippen LogP contribution is -2.06. The Kier molecular flexibility index (Phi) is 3.00. The average molecular weight is 239 g/mol. The molecule has 2 aromatic rings. The Hall–Kier alpha value is -1.69. The van der Waals surface area contributed by atoms with E-state index in [0.717, 1.165) is 5.56 Å². The minimum absolute atomic E-state index is 0.224. The van der Waals surface area contributed by atoms with E-state index in [0.29, 0.717) is 18.2 Å². The number of aromatic nitrogens is 5. The Morgan fingerprint density at radius 1 is 1.44 bits per heavy atom. The highest BCUT2D eigenvalue weighted by Gasteiger charge is 2.03. The number of nitrogens with one attached hydrogen (secondary N) is 1. The fraction of sp³-hybridized carbons (Fsp3) is 0.333. The van der Waals surface area contributed by atoms with Crippen LogP contribution in [0.5, 0.6) is 0 Å². The molecule has 7 heteroatoms. The summed E-state index contributed by atoms with van der Waals surface area (Å²) in [6.07, 6.45) is 3.32. The summed E-state index contributed by atoms with van der Waals surface area (Å²) in [5.41, 5.74) is 0.931. The van der Waals surface area contributed by atoms with Crippen LogP contribution in [0.4, 0.5) is 5.82 Å². The van der Waals surface area contributed by atoms with Gasteiger partial charge in [0.25, 0.3) is 0 Å². The largest absolute Gasteiger partial charge is 0.362 e. The molecular formula is C9H11ClN6. The normalized spacial score (nSPS) is 10.4. The van der Waals surface area contributed by atoms with Gasteiger partial charge in [-0.2, -0.15) is 5.10 Å². The molecule has 0 unspecified atom stereocenters. The van der Waals surface area contributed by atoms with Crippen LogP contribution in [0.1, 0.15) is 11.4 Å². The first-order chi connectivity index (χ1) is 7.65. The van der Waals surface area contributed by atoms with Crippen LogP contribution in [-0.4, -0.2) is 24.7 Å². The fourth-order valence-electron chi connectivity index (χ4n) is 1.23. The molecule has 2 rings (SSSR count). The maximum absolute atomic E-state index is 5.71. The summed E-state index contributed by atoms with van der Waals surface area (Å²) >= 11 is 5.71. The second-order valence-corrected chi connectivity index (χ2v) is 3.70. The number of nitrogens with zero attached hydrogens (tertiary/aromatic N) is 5. The van der Waals surface area contributed by atoms with Gasteiger partial charge < -0.3 is 5.32 Å². The van der Waals surface area contributed by atoms with Crippen LogP contribution in [0.2, 0.25) is 5.28 Å². The number of anilines is 1. The molecule has 0 saturated carbocycles. The van der Waals surface area contributed by atoms with E-state index in [2.05, 4.69) is 25.4 Å². The summed E-state index contributed by atoms with van der Waals surface area (Å²) in [6.45, 7) is 2.42. The van der Waals surface area contributed by atoms with Crippen molar-refractivity contribution in [2.24, 2.45) is 7.05 Å². The summed E-state index contributed by atoms with van der Waals surface area (Å²) in [5, 5.41) is 7.48. The molecule has 2 aromatic heterocycles. The van der Waals surface area contributed by atoms with Crippen molar-refractivity contribution in [3.8, 4) is 0 Å². The van der Waals surface area contributed by atoms with E-state index < -0.39 is 0 Å². The highest BCUT2D eigenvalue weighted by Crippen LogP contribution is 2.12. The molecule has 0 aromatic carbocycles. The van der Waals surface area contributed by atoms with Crippen molar-refractivity contribution in [1.29, 1.82) is 0 Å². The van der Waals surface area contributed by atoms with Gasteiger partial charge in [0.15, 0.2) is 5.82 Å². The van der Waals surface area contributed by atoms with Crippen molar-refractivity contribution in [1.82, 2.24) is 24.7 Å². The van der Waals surface area contributed by atoms with Crippen molar-refractivity contribution in [2.45, 2.75) is 13.5 Å². The zero-order chi connectivity index (χ0) is 11.5. The highest BCUT2D eigenvalue weighted by atomic mass is 35.5. The van der Waals surface area contributed by atoms with Gasteiger partial charge in [-0.15, -0.1) is 0 Å². The van der Waals surface area contributed by atoms with E-state index in [1.807, 2.05) is 14.0 Å². The molecule has 0 radical (unpaired) electrons. The molecule has 0 bridgehead atoms. The van der Waals surface area contributed by atoms with Gasteiger partial charge in [-0.3, -0.25) is 4.68 Å². The summed E-state index contributed by atoms with van der Waals surface area (Å²) in [4.78, 5) is 12.0. The van der Waals surface area contributed by atoms with Gasteiger partial charge in [0.2, 0.25) is 5.28 Å². The molecule has 0 spiro atoms. The number of rotatable bonds is 3. The fourth-order valence-corrected chi connectivity index (χ4v) is 1.36. The lowest BCUT2D eigenvalue weighted by Gasteiger charge is -2.05. The Labute approximate surface area is 97.7 Å². The second kappa shape index (κ2) is 4.44. The molecule has 0 aliphatic rings. The molecule has 16 heavy (non-hydrogen) atoms. The Balaban J connectivity index is 2.07. The van der Waals surface area contributed by atoms with Crippen molar-refractivity contribution in [2.75, 3.05) is 5.32 Å². The van der Waals surface area contributed by atoms with Gasteiger partial charge in [-0.1, -0.05) is 0 Å². The Bertz CT molecular complexity index is 494. The van der Waals surface area contributed by atoms with Crippen molar-refractivity contribution in [3.63, 3.8) is 0 Å². The lowest BCUT2D eigenvalue weighted by atomic mass is 10.3. The van der Waals surface area contributed by atoms with Crippen LogP contribution < -0.4 is 5.32 Å². The quantitative estimate of drug-likeness (QED) is 0.814. The lowest BCUT2D eigenvalue weighted by molar-refractivity contribution is 0.746. The summed E-state index contributed by atoms with van der Waals surface area (Å²) < 4.78 is 1.65. The van der Waals surface area contributed by atoms with Crippen molar-refractivity contribution in [3.05, 3.63) is 29.2 Å². The molecule has 0 atom stereocenters. The molecule has 0 amide bonds. The Morgan fingerprint density at radius 2 is 2.25 bits per heavy atom. The van der Waals surface area contributed by atoms with E-state index in [1.165, 1.54) is 0 Å². The SMILES string of the molecule is Cc1cnc(Cl)nc1NCc1ncn(C)n1. The number of halogens is 1. The maximum Gasteiger partial charge on any atom is 0.224 e. The third kappa shape index (κ3) is 2.46. The molecule has 84 valence electrons. The minimum Gasteiger partial charge on any atom is -0.362 e. The van der Waals surface area contributed by atoms with Crippen LogP contribution in [0.3, 0.4) is 0 Å². The average Bonchev–Trinajstić information content (AvgIpc) is 2.66. The van der Waals surface area contributed by atoms with Gasteiger partial charge in [0, 0.05) is 18.8 Å². The standard InChI is InChI=1S/C9H11ClN6/c1-6-3-12-9(10)14-8(6)11-4-7-13-5-16(2)15-7/h3,5H,4H2,1-2H3,(H,11,12,14). The third-order valence-corrected chi connectivity index (χ3v) is 2.19. The first-order valence-electron chi connectivity index (χ1n) is 4.72. The zero-order valence-electron chi connectivity index (χ0n) is 8.98. The summed E-state index contributed by atoms with van der Waals surface area (Å²) in [6, 6.07) is 0. The molecule has 6 nitrogen and oxygen atoms in total. The van der Waals surface area contributed by atoms with Gasteiger partial charge >= 0.3 is 0 Å². The topological polar surface area (TPSA) is 68.5 Å². The first kappa shape index (κ1) is 10.8. The third-order valence-electron chi connectivity index (χ3n) is 2.00. The monoisotopic (exact) mass is 238 g/mol. The summed E-state index contributed by atoms with van der Waals surface area (Å²) in [5.74, 6) is 1.41. The van der Waals surface area contributed by atoms with E-state index in [-0.39, 0.29) is 5.28 Å². The predicted octanol–water partition coefficient (Wildman–Crippen LogP) is 1.18. The van der Waals surface area contributed by atoms with Gasteiger partial charge in [0.1, 0.15) is 12.1 Å². The van der Waals surface area contributed by atoms with Gasteiger partial charge in [0.05, 0.1) is 6.54 Å². The smallest absolute Gasteiger partial charge is 0.224 e. The van der Waals surface area contributed by atoms with Crippen LogP contribution in [0.25, 0.3) is 0 Å². The molecule has 2 heterocycles. The van der Waals surface area contributed by atoms with Crippen LogP contribution in [-0.2, 0) is 13.6 Å². The molecule has 0 aliphatic heterocycles. The number of hydrogen-bond acceptors (Lipinski definition) is 5. The van der Waals surface area contributed by atoms with E-state index in [9.17, 15) is 0 Å². The van der Waals surface area contributed by atoms with Crippen molar-refractivity contribution < 1.29 is 0 Å². The number of hydrogen-bond donors (Lipinski definition) is 1. The van der Waals surface area contributed by atoms with E-state index in [1.54, 1.807) is 17.2 Å². The highest BCUT2D eigenvalue weighted by molar-refractivity contribution is 6.28. The number of aryl methyl sites for hydroxylation is 2. The zero-order valence-corrected chi connectivity index (χ0v) is 9.73. The van der Waals surface area contributed by atoms with E-state index >= 15 is 0 Å². The predicted molar refractivity (Wildman–Crippen MR) is 60.1 cm³/mol. The summed E-state index contributed by atoms with van der Waals surface area (Å²) in [7, 11) is 1.82. The molecule has 1 N–H and O–H groups in total. The second-order valence-electron chi connectivity index (χ2n) is 3.36. The molecular weight excluding hydrogens is 228 g/mol. The minimum atomic E-state index is 0.224. The Morgan fingerprint density at radius 3 is 2.94 bits per heavy atom. The van der Waals surface area contributed by atoms with E-state index in [4.69, 9.17) is 11.6 Å². The van der Waals surface area contributed by atoms with Crippen LogP contribution >= 0.6 is 11.6 Å².